The van der Waals surface area contributed by atoms with Crippen LogP contribution in [0.2, 0.25) is 0 Å². The number of benzene rings is 2. The molecule has 0 saturated heterocycles. The van der Waals surface area contributed by atoms with E-state index in [1.807, 2.05) is 44.4 Å². The number of hydrogen-bond acceptors (Lipinski definition) is 3. The van der Waals surface area contributed by atoms with Crippen molar-refractivity contribution in [1.82, 2.24) is 4.90 Å². The van der Waals surface area contributed by atoms with Crippen LogP contribution in [0.25, 0.3) is 0 Å². The molecule has 0 bridgehead atoms. The van der Waals surface area contributed by atoms with Crippen molar-refractivity contribution in [2.45, 2.75) is 25.9 Å². The van der Waals surface area contributed by atoms with E-state index in [1.54, 1.807) is 19.1 Å². The van der Waals surface area contributed by atoms with Crippen molar-refractivity contribution in [2.24, 2.45) is 5.92 Å². The van der Waals surface area contributed by atoms with Crippen LogP contribution in [0.3, 0.4) is 0 Å². The van der Waals surface area contributed by atoms with Crippen molar-refractivity contribution >= 4 is 5.97 Å². The predicted octanol–water partition coefficient (Wildman–Crippen LogP) is 4.22. The quantitative estimate of drug-likeness (QED) is 0.705. The van der Waals surface area contributed by atoms with Gasteiger partial charge in [-0.3, -0.25) is 4.79 Å². The second-order valence-electron chi connectivity index (χ2n) is 6.60. The summed E-state index contributed by atoms with van der Waals surface area (Å²) in [6.45, 7) is 4.54. The lowest BCUT2D eigenvalue weighted by atomic mass is 9.76. The van der Waals surface area contributed by atoms with Crippen molar-refractivity contribution in [3.63, 3.8) is 0 Å². The monoisotopic (exact) mass is 343 g/mol. The molecule has 2 atom stereocenters. The first-order chi connectivity index (χ1) is 11.9. The average Bonchev–Trinajstić information content (AvgIpc) is 2.60. The predicted molar refractivity (Wildman–Crippen MR) is 97.7 cm³/mol. The van der Waals surface area contributed by atoms with Gasteiger partial charge in [0.1, 0.15) is 5.82 Å². The fourth-order valence-electron chi connectivity index (χ4n) is 3.27. The summed E-state index contributed by atoms with van der Waals surface area (Å²) < 4.78 is 19.6. The fraction of sp³-hybridized carbons (Fsp3) is 0.381. The molecule has 0 unspecified atom stereocenters. The summed E-state index contributed by atoms with van der Waals surface area (Å²) in [4.78, 5) is 14.4. The van der Waals surface area contributed by atoms with Crippen molar-refractivity contribution in [1.29, 1.82) is 0 Å². The second kappa shape index (κ2) is 8.26. The number of rotatable bonds is 7. The van der Waals surface area contributed by atoms with Crippen LogP contribution in [-0.2, 0) is 15.1 Å². The first-order valence-electron chi connectivity index (χ1n) is 8.58. The highest BCUT2D eigenvalue weighted by Crippen LogP contribution is 2.41. The zero-order chi connectivity index (χ0) is 18.4. The average molecular weight is 343 g/mol. The number of carbonyl (C=O) groups is 1. The molecule has 0 aromatic heterocycles. The Morgan fingerprint density at radius 3 is 2.16 bits per heavy atom. The third kappa shape index (κ3) is 4.26. The molecule has 0 aliphatic heterocycles. The SMILES string of the molecule is CCC(=O)O[C@](c1ccccc1)(c1ccc(F)cc1)[C@H](C)CN(C)C. The van der Waals surface area contributed by atoms with E-state index in [2.05, 4.69) is 11.8 Å². The molecule has 0 amide bonds. The van der Waals surface area contributed by atoms with Crippen LogP contribution in [0, 0.1) is 11.7 Å². The summed E-state index contributed by atoms with van der Waals surface area (Å²) in [7, 11) is 3.97. The van der Waals surface area contributed by atoms with Crippen LogP contribution < -0.4 is 0 Å². The van der Waals surface area contributed by atoms with Crippen molar-refractivity contribution < 1.29 is 13.9 Å². The standard InChI is InChI=1S/C21H26FNO2/c1-5-20(24)25-21(16(2)15-23(3)4,17-9-7-6-8-10-17)18-11-13-19(22)14-12-18/h6-14,16H,5,15H2,1-4H3/t16-,21-/m1/s1. The molecule has 25 heavy (non-hydrogen) atoms. The summed E-state index contributed by atoms with van der Waals surface area (Å²) in [5, 5.41) is 0. The third-order valence-corrected chi connectivity index (χ3v) is 4.37. The lowest BCUT2D eigenvalue weighted by Crippen LogP contribution is -2.44. The lowest BCUT2D eigenvalue weighted by molar-refractivity contribution is -0.162. The maximum atomic E-state index is 13.5. The van der Waals surface area contributed by atoms with Gasteiger partial charge in [0.2, 0.25) is 0 Å². The van der Waals surface area contributed by atoms with Gasteiger partial charge in [-0.1, -0.05) is 56.3 Å². The van der Waals surface area contributed by atoms with Gasteiger partial charge in [0, 0.05) is 30.0 Å². The van der Waals surface area contributed by atoms with E-state index < -0.39 is 5.60 Å². The first-order valence-corrected chi connectivity index (χ1v) is 8.58. The van der Waals surface area contributed by atoms with Gasteiger partial charge in [0.15, 0.2) is 5.60 Å². The van der Waals surface area contributed by atoms with E-state index >= 15 is 0 Å². The fourth-order valence-corrected chi connectivity index (χ4v) is 3.27. The van der Waals surface area contributed by atoms with Crippen molar-refractivity contribution in [3.05, 3.63) is 71.5 Å². The topological polar surface area (TPSA) is 29.5 Å². The van der Waals surface area contributed by atoms with Crippen molar-refractivity contribution in [3.8, 4) is 0 Å². The van der Waals surface area contributed by atoms with E-state index in [9.17, 15) is 9.18 Å². The summed E-state index contributed by atoms with van der Waals surface area (Å²) in [6.07, 6.45) is 0.282. The van der Waals surface area contributed by atoms with Gasteiger partial charge in [-0.15, -0.1) is 0 Å². The van der Waals surface area contributed by atoms with Gasteiger partial charge in [-0.2, -0.15) is 0 Å². The minimum atomic E-state index is -0.966. The molecular weight excluding hydrogens is 317 g/mol. The van der Waals surface area contributed by atoms with Gasteiger partial charge < -0.3 is 9.64 Å². The molecule has 0 radical (unpaired) electrons. The molecule has 2 aromatic carbocycles. The third-order valence-electron chi connectivity index (χ3n) is 4.37. The normalized spacial score (nSPS) is 14.8. The molecule has 134 valence electrons. The van der Waals surface area contributed by atoms with Gasteiger partial charge in [0.05, 0.1) is 0 Å². The molecule has 4 heteroatoms. The Balaban J connectivity index is 2.67. The Labute approximate surface area is 149 Å². The minimum absolute atomic E-state index is 0.0362. The Bertz CT molecular complexity index is 685. The summed E-state index contributed by atoms with van der Waals surface area (Å²) in [5.41, 5.74) is 0.695. The second-order valence-corrected chi connectivity index (χ2v) is 6.60. The van der Waals surface area contributed by atoms with Crippen LogP contribution in [-0.4, -0.2) is 31.5 Å². The molecule has 0 fully saturated rings. The smallest absolute Gasteiger partial charge is 0.306 e. The summed E-state index contributed by atoms with van der Waals surface area (Å²) >= 11 is 0. The Morgan fingerprint density at radius 2 is 1.64 bits per heavy atom. The maximum absolute atomic E-state index is 13.5. The Morgan fingerprint density at radius 1 is 1.08 bits per heavy atom. The molecule has 0 aliphatic rings. The summed E-state index contributed by atoms with van der Waals surface area (Å²) in [6, 6.07) is 15.9. The number of ether oxygens (including phenoxy) is 1. The van der Waals surface area contributed by atoms with E-state index in [-0.39, 0.29) is 24.1 Å². The zero-order valence-corrected chi connectivity index (χ0v) is 15.3. The van der Waals surface area contributed by atoms with Gasteiger partial charge in [-0.25, -0.2) is 4.39 Å². The van der Waals surface area contributed by atoms with Crippen LogP contribution in [0.4, 0.5) is 4.39 Å². The van der Waals surface area contributed by atoms with E-state index in [0.717, 1.165) is 11.1 Å². The molecule has 2 rings (SSSR count). The van der Waals surface area contributed by atoms with Crippen LogP contribution in [0.5, 0.6) is 0 Å². The van der Waals surface area contributed by atoms with Crippen LogP contribution in [0.1, 0.15) is 31.4 Å². The molecule has 3 nitrogen and oxygen atoms in total. The highest BCUT2D eigenvalue weighted by Gasteiger charge is 2.43. The van der Waals surface area contributed by atoms with Crippen molar-refractivity contribution in [2.75, 3.05) is 20.6 Å². The maximum Gasteiger partial charge on any atom is 0.306 e. The number of esters is 1. The highest BCUT2D eigenvalue weighted by molar-refractivity contribution is 5.70. The largest absolute Gasteiger partial charge is 0.449 e. The van der Waals surface area contributed by atoms with Gasteiger partial charge in [0.25, 0.3) is 0 Å². The first kappa shape index (κ1) is 19.1. The number of halogens is 1. The Kier molecular flexibility index (Phi) is 6.32. The number of hydrogen-bond donors (Lipinski definition) is 0. The van der Waals surface area contributed by atoms with Crippen LogP contribution in [0.15, 0.2) is 54.6 Å². The molecule has 0 saturated carbocycles. The van der Waals surface area contributed by atoms with E-state index in [0.29, 0.717) is 6.54 Å². The van der Waals surface area contributed by atoms with E-state index in [1.165, 1.54) is 12.1 Å². The number of carbonyl (C=O) groups excluding carboxylic acids is 1. The number of nitrogens with zero attached hydrogens (tertiary/aromatic N) is 1. The summed E-state index contributed by atoms with van der Waals surface area (Å²) in [5.74, 6) is -0.627. The highest BCUT2D eigenvalue weighted by atomic mass is 19.1. The minimum Gasteiger partial charge on any atom is -0.449 e. The molecule has 0 N–H and O–H groups in total. The molecule has 2 aromatic rings. The molecule has 0 spiro atoms. The van der Waals surface area contributed by atoms with Gasteiger partial charge >= 0.3 is 5.97 Å². The lowest BCUT2D eigenvalue weighted by Gasteiger charge is -2.40. The molecular formula is C21H26FNO2. The van der Waals surface area contributed by atoms with E-state index in [4.69, 9.17) is 4.74 Å². The zero-order valence-electron chi connectivity index (χ0n) is 15.3. The van der Waals surface area contributed by atoms with Crippen LogP contribution >= 0.6 is 0 Å². The van der Waals surface area contributed by atoms with Gasteiger partial charge in [-0.05, 0) is 26.2 Å². The molecule has 0 heterocycles. The Hall–Kier alpha value is -2.20. The molecule has 0 aliphatic carbocycles.